The molecule has 0 saturated heterocycles. The van der Waals surface area contributed by atoms with Crippen molar-refractivity contribution in [1.29, 1.82) is 0 Å². The highest BCUT2D eigenvalue weighted by atomic mass is 79.9. The molecule has 6 heteroatoms. The maximum Gasteiger partial charge on any atom is 0.256 e. The van der Waals surface area contributed by atoms with Crippen molar-refractivity contribution in [3.63, 3.8) is 0 Å². The molecule has 0 aliphatic carbocycles. The van der Waals surface area contributed by atoms with Gasteiger partial charge in [0.15, 0.2) is 0 Å². The molecule has 2 aromatic rings. The first-order chi connectivity index (χ1) is 9.92. The van der Waals surface area contributed by atoms with Gasteiger partial charge in [0.1, 0.15) is 5.75 Å². The third kappa shape index (κ3) is 3.49. The normalized spacial score (nSPS) is 10.3. The Morgan fingerprint density at radius 3 is 2.71 bits per heavy atom. The van der Waals surface area contributed by atoms with Gasteiger partial charge in [-0.05, 0) is 36.8 Å². The van der Waals surface area contributed by atoms with E-state index in [1.165, 1.54) is 7.11 Å². The molecule has 0 aliphatic rings. The summed E-state index contributed by atoms with van der Waals surface area (Å²) in [6, 6.07) is 8.53. The number of carbonyl (C=O) groups is 1. The van der Waals surface area contributed by atoms with Crippen LogP contribution in [0.25, 0.3) is 0 Å². The molecule has 0 radical (unpaired) electrons. The summed E-state index contributed by atoms with van der Waals surface area (Å²) in [5.41, 5.74) is 8.27. The van der Waals surface area contributed by atoms with Crippen LogP contribution in [0.4, 0.5) is 11.4 Å². The van der Waals surface area contributed by atoms with Gasteiger partial charge in [0.05, 0.1) is 12.1 Å². The molecule has 0 bridgehead atoms. The zero-order valence-electron chi connectivity index (χ0n) is 11.5. The van der Waals surface area contributed by atoms with Crippen LogP contribution >= 0.6 is 27.5 Å². The van der Waals surface area contributed by atoms with E-state index in [-0.39, 0.29) is 5.91 Å². The van der Waals surface area contributed by atoms with Crippen LogP contribution in [0.1, 0.15) is 15.9 Å². The lowest BCUT2D eigenvalue weighted by Gasteiger charge is -2.11. The largest absolute Gasteiger partial charge is 0.495 e. The summed E-state index contributed by atoms with van der Waals surface area (Å²) < 4.78 is 5.88. The van der Waals surface area contributed by atoms with Gasteiger partial charge in [0.2, 0.25) is 0 Å². The van der Waals surface area contributed by atoms with E-state index in [4.69, 9.17) is 22.1 Å². The SMILES string of the molecule is COc1cc(NC(=O)c2cc(Br)cc(N)c2C)ccc1Cl. The van der Waals surface area contributed by atoms with Crippen LogP contribution in [0.15, 0.2) is 34.8 Å². The molecule has 0 fully saturated rings. The van der Waals surface area contributed by atoms with Crippen LogP contribution in [0.3, 0.4) is 0 Å². The van der Waals surface area contributed by atoms with Crippen molar-refractivity contribution in [2.45, 2.75) is 6.92 Å². The fourth-order valence-corrected chi connectivity index (χ4v) is 2.54. The van der Waals surface area contributed by atoms with Gasteiger partial charge in [0.25, 0.3) is 5.91 Å². The Morgan fingerprint density at radius 1 is 1.33 bits per heavy atom. The number of ether oxygens (including phenoxy) is 1. The zero-order valence-corrected chi connectivity index (χ0v) is 13.9. The number of halogens is 2. The smallest absolute Gasteiger partial charge is 0.256 e. The minimum absolute atomic E-state index is 0.245. The van der Waals surface area contributed by atoms with Gasteiger partial charge < -0.3 is 15.8 Å². The van der Waals surface area contributed by atoms with Gasteiger partial charge in [0, 0.05) is 27.5 Å². The van der Waals surface area contributed by atoms with E-state index in [0.29, 0.717) is 27.7 Å². The second-order valence-electron chi connectivity index (χ2n) is 4.47. The van der Waals surface area contributed by atoms with E-state index in [9.17, 15) is 4.79 Å². The summed E-state index contributed by atoms with van der Waals surface area (Å²) in [4.78, 5) is 12.4. The van der Waals surface area contributed by atoms with Crippen LogP contribution in [0.2, 0.25) is 5.02 Å². The van der Waals surface area contributed by atoms with Crippen molar-refractivity contribution < 1.29 is 9.53 Å². The summed E-state index contributed by atoms with van der Waals surface area (Å²) in [5, 5.41) is 3.29. The number of amides is 1. The summed E-state index contributed by atoms with van der Waals surface area (Å²) >= 11 is 9.29. The molecule has 0 atom stereocenters. The van der Waals surface area contributed by atoms with Crippen molar-refractivity contribution in [2.24, 2.45) is 0 Å². The average molecular weight is 370 g/mol. The van der Waals surface area contributed by atoms with Crippen LogP contribution in [0, 0.1) is 6.92 Å². The molecular weight excluding hydrogens is 356 g/mol. The van der Waals surface area contributed by atoms with Crippen molar-refractivity contribution >= 4 is 44.8 Å². The second-order valence-corrected chi connectivity index (χ2v) is 5.79. The molecule has 0 aliphatic heterocycles. The number of anilines is 2. The molecule has 1 amide bonds. The molecule has 110 valence electrons. The third-order valence-electron chi connectivity index (χ3n) is 3.07. The van der Waals surface area contributed by atoms with E-state index < -0.39 is 0 Å². The van der Waals surface area contributed by atoms with Gasteiger partial charge in [-0.15, -0.1) is 0 Å². The number of hydrogen-bond donors (Lipinski definition) is 2. The number of carbonyl (C=O) groups excluding carboxylic acids is 1. The fourth-order valence-electron chi connectivity index (χ4n) is 1.87. The molecule has 0 aromatic heterocycles. The highest BCUT2D eigenvalue weighted by Crippen LogP contribution is 2.28. The molecule has 0 saturated carbocycles. The number of nitrogens with one attached hydrogen (secondary N) is 1. The first-order valence-corrected chi connectivity index (χ1v) is 7.30. The number of rotatable bonds is 3. The van der Waals surface area contributed by atoms with Crippen LogP contribution in [0.5, 0.6) is 5.75 Å². The molecular formula is C15H14BrClN2O2. The van der Waals surface area contributed by atoms with E-state index in [1.807, 2.05) is 0 Å². The Labute approximate surface area is 136 Å². The Kier molecular flexibility index (Phi) is 4.75. The van der Waals surface area contributed by atoms with Crippen molar-refractivity contribution in [3.05, 3.63) is 51.0 Å². The number of hydrogen-bond acceptors (Lipinski definition) is 3. The molecule has 2 aromatic carbocycles. The Balaban J connectivity index is 2.30. The lowest BCUT2D eigenvalue weighted by Crippen LogP contribution is -2.14. The topological polar surface area (TPSA) is 64.3 Å². The van der Waals surface area contributed by atoms with Crippen molar-refractivity contribution in [2.75, 3.05) is 18.2 Å². The van der Waals surface area contributed by atoms with Gasteiger partial charge >= 0.3 is 0 Å². The maximum atomic E-state index is 12.4. The Morgan fingerprint density at radius 2 is 2.05 bits per heavy atom. The van der Waals surface area contributed by atoms with Crippen molar-refractivity contribution in [1.82, 2.24) is 0 Å². The lowest BCUT2D eigenvalue weighted by atomic mass is 10.1. The minimum Gasteiger partial charge on any atom is -0.495 e. The Hall–Kier alpha value is -1.72. The molecule has 4 nitrogen and oxygen atoms in total. The first-order valence-electron chi connectivity index (χ1n) is 6.13. The number of nitrogens with two attached hydrogens (primary N) is 1. The van der Waals surface area contributed by atoms with E-state index in [2.05, 4.69) is 21.2 Å². The predicted octanol–water partition coefficient (Wildman–Crippen LogP) is 4.25. The molecule has 0 unspecified atom stereocenters. The lowest BCUT2D eigenvalue weighted by molar-refractivity contribution is 0.102. The predicted molar refractivity (Wildman–Crippen MR) is 89.2 cm³/mol. The zero-order chi connectivity index (χ0) is 15.6. The van der Waals surface area contributed by atoms with E-state index in [0.717, 1.165) is 10.0 Å². The quantitative estimate of drug-likeness (QED) is 0.795. The average Bonchev–Trinajstić information content (AvgIpc) is 2.44. The Bertz CT molecular complexity index is 704. The maximum absolute atomic E-state index is 12.4. The number of nitrogen functional groups attached to an aromatic ring is 1. The number of methoxy groups -OCH3 is 1. The highest BCUT2D eigenvalue weighted by molar-refractivity contribution is 9.10. The van der Waals surface area contributed by atoms with E-state index >= 15 is 0 Å². The summed E-state index contributed by atoms with van der Waals surface area (Å²) in [6.07, 6.45) is 0. The number of benzene rings is 2. The molecule has 0 spiro atoms. The molecule has 0 heterocycles. The summed E-state index contributed by atoms with van der Waals surface area (Å²) in [6.45, 7) is 1.80. The standard InChI is InChI=1S/C15H14BrClN2O2/c1-8-11(5-9(16)6-13(8)18)15(20)19-10-3-4-12(17)14(7-10)21-2/h3-7H,18H2,1-2H3,(H,19,20). The molecule has 2 rings (SSSR count). The van der Waals surface area contributed by atoms with Gasteiger partial charge in [-0.1, -0.05) is 27.5 Å². The van der Waals surface area contributed by atoms with E-state index in [1.54, 1.807) is 37.3 Å². The fraction of sp³-hybridized carbons (Fsp3) is 0.133. The molecule has 3 N–H and O–H groups in total. The van der Waals surface area contributed by atoms with Crippen molar-refractivity contribution in [3.8, 4) is 5.75 Å². The van der Waals surface area contributed by atoms with Crippen LogP contribution in [-0.4, -0.2) is 13.0 Å². The van der Waals surface area contributed by atoms with Gasteiger partial charge in [-0.3, -0.25) is 4.79 Å². The van der Waals surface area contributed by atoms with Crippen LogP contribution < -0.4 is 15.8 Å². The monoisotopic (exact) mass is 368 g/mol. The summed E-state index contributed by atoms with van der Waals surface area (Å²) in [7, 11) is 1.52. The first kappa shape index (κ1) is 15.7. The van der Waals surface area contributed by atoms with Gasteiger partial charge in [-0.2, -0.15) is 0 Å². The highest BCUT2D eigenvalue weighted by Gasteiger charge is 2.13. The van der Waals surface area contributed by atoms with Crippen LogP contribution in [-0.2, 0) is 0 Å². The second kappa shape index (κ2) is 6.37. The minimum atomic E-state index is -0.245. The van der Waals surface area contributed by atoms with Gasteiger partial charge in [-0.25, -0.2) is 0 Å². The third-order valence-corrected chi connectivity index (χ3v) is 3.84. The molecule has 21 heavy (non-hydrogen) atoms. The summed E-state index contributed by atoms with van der Waals surface area (Å²) in [5.74, 6) is 0.254.